The Bertz CT molecular complexity index is 564. The first-order valence-corrected chi connectivity index (χ1v) is 7.62. The van der Waals surface area contributed by atoms with E-state index in [1.165, 1.54) is 5.56 Å². The molecule has 21 heavy (non-hydrogen) atoms. The summed E-state index contributed by atoms with van der Waals surface area (Å²) >= 11 is 12.5. The lowest BCUT2D eigenvalue weighted by Gasteiger charge is -2.18. The molecule has 0 amide bonds. The second-order valence-corrected chi connectivity index (χ2v) is 5.76. The standard InChI is InChI=1S/C17H19Cl2NO/c1-20-13(10-12-6-8-14(21-2)9-7-12)11-15-16(18)4-3-5-17(15)19/h3-9,13,20H,10-11H2,1-2H3. The molecule has 0 spiro atoms. The summed E-state index contributed by atoms with van der Waals surface area (Å²) in [5.74, 6) is 0.869. The Hall–Kier alpha value is -1.22. The van der Waals surface area contributed by atoms with E-state index in [1.54, 1.807) is 7.11 Å². The highest BCUT2D eigenvalue weighted by molar-refractivity contribution is 6.36. The van der Waals surface area contributed by atoms with E-state index in [1.807, 2.05) is 37.4 Å². The Morgan fingerprint density at radius 3 is 2.14 bits per heavy atom. The third-order valence-electron chi connectivity index (χ3n) is 3.56. The summed E-state index contributed by atoms with van der Waals surface area (Å²) in [6.45, 7) is 0. The third kappa shape index (κ3) is 4.37. The van der Waals surface area contributed by atoms with Crippen LogP contribution in [0.4, 0.5) is 0 Å². The SMILES string of the molecule is CNC(Cc1ccc(OC)cc1)Cc1c(Cl)cccc1Cl. The molecule has 0 aliphatic rings. The zero-order valence-electron chi connectivity index (χ0n) is 12.2. The zero-order chi connectivity index (χ0) is 15.2. The lowest BCUT2D eigenvalue weighted by atomic mass is 9.99. The minimum Gasteiger partial charge on any atom is -0.497 e. The van der Waals surface area contributed by atoms with Crippen molar-refractivity contribution in [1.82, 2.24) is 5.32 Å². The van der Waals surface area contributed by atoms with Crippen LogP contribution in [0.15, 0.2) is 42.5 Å². The number of nitrogens with one attached hydrogen (secondary N) is 1. The highest BCUT2D eigenvalue weighted by atomic mass is 35.5. The topological polar surface area (TPSA) is 21.3 Å². The molecule has 2 rings (SSSR count). The molecule has 0 saturated carbocycles. The normalized spacial score (nSPS) is 12.2. The van der Waals surface area contributed by atoms with E-state index in [9.17, 15) is 0 Å². The zero-order valence-corrected chi connectivity index (χ0v) is 13.7. The molecule has 0 aromatic heterocycles. The van der Waals surface area contributed by atoms with Gasteiger partial charge in [0, 0.05) is 16.1 Å². The Balaban J connectivity index is 2.09. The Morgan fingerprint density at radius 2 is 1.62 bits per heavy atom. The van der Waals surface area contributed by atoms with Gasteiger partial charge < -0.3 is 10.1 Å². The number of halogens is 2. The van der Waals surface area contributed by atoms with E-state index < -0.39 is 0 Å². The van der Waals surface area contributed by atoms with Crippen molar-refractivity contribution in [2.24, 2.45) is 0 Å². The second kappa shape index (κ2) is 7.69. The van der Waals surface area contributed by atoms with Gasteiger partial charge in [-0.05, 0) is 55.3 Å². The van der Waals surface area contributed by atoms with Gasteiger partial charge in [0.15, 0.2) is 0 Å². The quantitative estimate of drug-likeness (QED) is 0.852. The van der Waals surface area contributed by atoms with Crippen LogP contribution in [0.2, 0.25) is 10.0 Å². The molecule has 112 valence electrons. The number of rotatable bonds is 6. The molecule has 1 N–H and O–H groups in total. The average molecular weight is 324 g/mol. The van der Waals surface area contributed by atoms with Gasteiger partial charge >= 0.3 is 0 Å². The van der Waals surface area contributed by atoms with Crippen molar-refractivity contribution >= 4 is 23.2 Å². The molecule has 0 fully saturated rings. The fraction of sp³-hybridized carbons (Fsp3) is 0.294. The maximum atomic E-state index is 6.24. The molecule has 0 aliphatic carbocycles. The third-order valence-corrected chi connectivity index (χ3v) is 4.27. The van der Waals surface area contributed by atoms with Crippen LogP contribution < -0.4 is 10.1 Å². The van der Waals surface area contributed by atoms with Gasteiger partial charge in [-0.25, -0.2) is 0 Å². The first-order valence-electron chi connectivity index (χ1n) is 6.87. The molecule has 1 atom stereocenters. The Kier molecular flexibility index (Phi) is 5.92. The fourth-order valence-corrected chi connectivity index (χ4v) is 2.85. The van der Waals surface area contributed by atoms with E-state index in [-0.39, 0.29) is 6.04 Å². The molecular weight excluding hydrogens is 305 g/mol. The fourth-order valence-electron chi connectivity index (χ4n) is 2.30. The van der Waals surface area contributed by atoms with E-state index in [0.717, 1.165) is 34.2 Å². The van der Waals surface area contributed by atoms with Gasteiger partial charge in [-0.3, -0.25) is 0 Å². The minimum absolute atomic E-state index is 0.274. The summed E-state index contributed by atoms with van der Waals surface area (Å²) in [6, 6.07) is 14.0. The summed E-state index contributed by atoms with van der Waals surface area (Å²) in [5.41, 5.74) is 2.24. The van der Waals surface area contributed by atoms with E-state index in [2.05, 4.69) is 17.4 Å². The monoisotopic (exact) mass is 323 g/mol. The molecule has 0 saturated heterocycles. The summed E-state index contributed by atoms with van der Waals surface area (Å²) in [7, 11) is 3.63. The van der Waals surface area contributed by atoms with E-state index >= 15 is 0 Å². The molecule has 2 nitrogen and oxygen atoms in total. The van der Waals surface area contributed by atoms with Gasteiger partial charge in [0.1, 0.15) is 5.75 Å². The minimum atomic E-state index is 0.274. The van der Waals surface area contributed by atoms with E-state index in [4.69, 9.17) is 27.9 Å². The van der Waals surface area contributed by atoms with Crippen molar-refractivity contribution in [2.75, 3.05) is 14.2 Å². The van der Waals surface area contributed by atoms with Crippen molar-refractivity contribution < 1.29 is 4.74 Å². The summed E-state index contributed by atoms with van der Waals surface area (Å²) in [5, 5.41) is 4.77. The molecular formula is C17H19Cl2NO. The molecule has 2 aromatic rings. The molecule has 0 aliphatic heterocycles. The van der Waals surface area contributed by atoms with Crippen LogP contribution in [0.5, 0.6) is 5.75 Å². The number of benzene rings is 2. The number of hydrogen-bond acceptors (Lipinski definition) is 2. The van der Waals surface area contributed by atoms with Crippen molar-refractivity contribution in [3.05, 3.63) is 63.6 Å². The largest absolute Gasteiger partial charge is 0.497 e. The maximum absolute atomic E-state index is 6.24. The highest BCUT2D eigenvalue weighted by Crippen LogP contribution is 2.26. The first kappa shape index (κ1) is 16.2. The molecule has 0 heterocycles. The van der Waals surface area contributed by atoms with Crippen LogP contribution >= 0.6 is 23.2 Å². The summed E-state index contributed by atoms with van der Waals surface area (Å²) < 4.78 is 5.18. The first-order chi connectivity index (χ1) is 10.1. The van der Waals surface area contributed by atoms with Gasteiger partial charge in [0.2, 0.25) is 0 Å². The predicted molar refractivity (Wildman–Crippen MR) is 89.7 cm³/mol. The number of hydrogen-bond donors (Lipinski definition) is 1. The van der Waals surface area contributed by atoms with Gasteiger partial charge in [0.25, 0.3) is 0 Å². The molecule has 2 aromatic carbocycles. The Morgan fingerprint density at radius 1 is 1.00 bits per heavy atom. The van der Waals surface area contributed by atoms with Crippen LogP contribution in [0.25, 0.3) is 0 Å². The molecule has 4 heteroatoms. The van der Waals surface area contributed by atoms with E-state index in [0.29, 0.717) is 0 Å². The summed E-state index contributed by atoms with van der Waals surface area (Å²) in [6.07, 6.45) is 1.70. The Labute approximate surface area is 136 Å². The molecule has 0 bridgehead atoms. The summed E-state index contributed by atoms with van der Waals surface area (Å²) in [4.78, 5) is 0. The lowest BCUT2D eigenvalue weighted by Crippen LogP contribution is -2.30. The van der Waals surface area contributed by atoms with Gasteiger partial charge in [-0.15, -0.1) is 0 Å². The van der Waals surface area contributed by atoms with Gasteiger partial charge in [-0.1, -0.05) is 41.4 Å². The van der Waals surface area contributed by atoms with Crippen LogP contribution in [-0.4, -0.2) is 20.2 Å². The van der Waals surface area contributed by atoms with Gasteiger partial charge in [0.05, 0.1) is 7.11 Å². The lowest BCUT2D eigenvalue weighted by molar-refractivity contribution is 0.414. The van der Waals surface area contributed by atoms with Crippen LogP contribution in [0.3, 0.4) is 0 Å². The van der Waals surface area contributed by atoms with Crippen LogP contribution in [-0.2, 0) is 12.8 Å². The van der Waals surface area contributed by atoms with Crippen molar-refractivity contribution in [1.29, 1.82) is 0 Å². The average Bonchev–Trinajstić information content (AvgIpc) is 2.50. The van der Waals surface area contributed by atoms with Crippen molar-refractivity contribution in [2.45, 2.75) is 18.9 Å². The smallest absolute Gasteiger partial charge is 0.118 e. The maximum Gasteiger partial charge on any atom is 0.118 e. The van der Waals surface area contributed by atoms with Crippen molar-refractivity contribution in [3.63, 3.8) is 0 Å². The van der Waals surface area contributed by atoms with Crippen molar-refractivity contribution in [3.8, 4) is 5.75 Å². The number of likely N-dealkylation sites (N-methyl/N-ethyl adjacent to an activating group) is 1. The molecule has 1 unspecified atom stereocenters. The van der Waals surface area contributed by atoms with Crippen LogP contribution in [0, 0.1) is 0 Å². The highest BCUT2D eigenvalue weighted by Gasteiger charge is 2.13. The van der Waals surface area contributed by atoms with Crippen LogP contribution in [0.1, 0.15) is 11.1 Å². The second-order valence-electron chi connectivity index (χ2n) is 4.94. The number of methoxy groups -OCH3 is 1. The van der Waals surface area contributed by atoms with Gasteiger partial charge in [-0.2, -0.15) is 0 Å². The predicted octanol–water partition coefficient (Wildman–Crippen LogP) is 4.38. The number of ether oxygens (including phenoxy) is 1. The molecule has 0 radical (unpaired) electrons.